The fourth-order valence-electron chi connectivity index (χ4n) is 5.57. The Bertz CT molecular complexity index is 887. The summed E-state index contributed by atoms with van der Waals surface area (Å²) in [6, 6.07) is 8.70. The molecule has 0 saturated carbocycles. The number of fused-ring (bicyclic) bond motifs is 1. The van der Waals surface area contributed by atoms with Gasteiger partial charge in [-0.05, 0) is 58.6 Å². The van der Waals surface area contributed by atoms with Gasteiger partial charge in [-0.1, -0.05) is 18.2 Å². The minimum absolute atomic E-state index is 0.0391. The average molecular weight is 460 g/mol. The highest BCUT2D eigenvalue weighted by Gasteiger charge is 2.73. The van der Waals surface area contributed by atoms with Gasteiger partial charge in [0, 0.05) is 29.6 Å². The Hall–Kier alpha value is -2.06. The Morgan fingerprint density at radius 1 is 1.19 bits per heavy atom. The molecule has 3 N–H and O–H groups in total. The number of para-hydroxylation sites is 1. The SMILES string of the molecule is CC(C)(C)NC(=O)C1N(CCCCO)C(=O)[C@@H]2[C@@H](C(=O)Nc3ccccc3)[C@H]3CCC12S3. The summed E-state index contributed by atoms with van der Waals surface area (Å²) in [5.74, 6) is -1.33. The Balaban J connectivity index is 1.64. The highest BCUT2D eigenvalue weighted by molar-refractivity contribution is 8.02. The first-order valence-corrected chi connectivity index (χ1v) is 12.3. The molecule has 1 spiro atoms. The smallest absolute Gasteiger partial charge is 0.244 e. The normalized spacial score (nSPS) is 31.0. The van der Waals surface area contributed by atoms with Gasteiger partial charge in [-0.2, -0.15) is 0 Å². The molecule has 8 heteroatoms. The molecule has 3 saturated heterocycles. The lowest BCUT2D eigenvalue weighted by atomic mass is 9.70. The van der Waals surface area contributed by atoms with Crippen molar-refractivity contribution in [1.29, 1.82) is 0 Å². The van der Waals surface area contributed by atoms with Crippen LogP contribution in [0.15, 0.2) is 30.3 Å². The maximum absolute atomic E-state index is 13.7. The second-order valence-corrected chi connectivity index (χ2v) is 11.7. The summed E-state index contributed by atoms with van der Waals surface area (Å²) in [5.41, 5.74) is 0.295. The molecule has 4 rings (SSSR count). The van der Waals surface area contributed by atoms with E-state index in [4.69, 9.17) is 0 Å². The zero-order valence-electron chi connectivity index (χ0n) is 19.0. The second-order valence-electron chi connectivity index (χ2n) is 10.1. The summed E-state index contributed by atoms with van der Waals surface area (Å²) in [6.45, 7) is 6.26. The second kappa shape index (κ2) is 8.71. The van der Waals surface area contributed by atoms with E-state index in [1.807, 2.05) is 51.1 Å². The standard InChI is InChI=1S/C24H33N3O4S/c1-23(2,3)26-21(30)19-24-12-11-16(32-24)17(20(29)25-15-9-5-4-6-10-15)18(24)22(31)27(19)13-7-8-14-28/h4-6,9-10,16-19,28H,7-8,11-14H2,1-3H3,(H,25,29)(H,26,30)/t16-,17+,18+,19?,24?/m1/s1. The van der Waals surface area contributed by atoms with Crippen LogP contribution in [0.5, 0.6) is 0 Å². The average Bonchev–Trinajstić information content (AvgIpc) is 3.35. The van der Waals surface area contributed by atoms with Gasteiger partial charge in [0.25, 0.3) is 0 Å². The molecule has 3 aliphatic heterocycles. The Morgan fingerprint density at radius 2 is 1.91 bits per heavy atom. The predicted molar refractivity (Wildman–Crippen MR) is 125 cm³/mol. The molecule has 0 radical (unpaired) electrons. The molecule has 174 valence electrons. The molecule has 2 bridgehead atoms. The van der Waals surface area contributed by atoms with Crippen molar-refractivity contribution in [3.8, 4) is 0 Å². The third kappa shape index (κ3) is 4.03. The molecule has 1 aromatic rings. The van der Waals surface area contributed by atoms with Crippen LogP contribution < -0.4 is 10.6 Å². The van der Waals surface area contributed by atoms with Crippen LogP contribution in [-0.2, 0) is 14.4 Å². The van der Waals surface area contributed by atoms with Crippen LogP contribution in [0.1, 0.15) is 46.5 Å². The molecule has 2 unspecified atom stereocenters. The number of anilines is 1. The third-order valence-corrected chi connectivity index (χ3v) is 8.65. The summed E-state index contributed by atoms with van der Waals surface area (Å²) >= 11 is 1.67. The summed E-state index contributed by atoms with van der Waals surface area (Å²) in [4.78, 5) is 42.2. The lowest BCUT2D eigenvalue weighted by molar-refractivity contribution is -0.139. The molecule has 32 heavy (non-hydrogen) atoms. The monoisotopic (exact) mass is 459 g/mol. The van der Waals surface area contributed by atoms with E-state index in [2.05, 4.69) is 10.6 Å². The van der Waals surface area contributed by atoms with E-state index in [-0.39, 0.29) is 29.6 Å². The fraction of sp³-hybridized carbons (Fsp3) is 0.625. The van der Waals surface area contributed by atoms with E-state index in [1.165, 1.54) is 0 Å². The molecular weight excluding hydrogens is 426 g/mol. The summed E-state index contributed by atoms with van der Waals surface area (Å²) in [6.07, 6.45) is 2.78. The number of aliphatic hydroxyl groups excluding tert-OH is 1. The third-order valence-electron chi connectivity index (χ3n) is 6.70. The van der Waals surface area contributed by atoms with Gasteiger partial charge in [0.2, 0.25) is 17.7 Å². The number of rotatable bonds is 7. The lowest BCUT2D eigenvalue weighted by Gasteiger charge is -2.36. The first kappa shape index (κ1) is 23.1. The molecular formula is C24H33N3O4S. The van der Waals surface area contributed by atoms with E-state index in [1.54, 1.807) is 16.7 Å². The number of hydrogen-bond acceptors (Lipinski definition) is 5. The maximum Gasteiger partial charge on any atom is 0.244 e. The molecule has 7 nitrogen and oxygen atoms in total. The van der Waals surface area contributed by atoms with Gasteiger partial charge in [-0.15, -0.1) is 11.8 Å². The van der Waals surface area contributed by atoms with Crippen molar-refractivity contribution in [2.45, 2.75) is 68.0 Å². The summed E-state index contributed by atoms with van der Waals surface area (Å²) in [7, 11) is 0. The number of carbonyl (C=O) groups excluding carboxylic acids is 3. The molecule has 3 aliphatic rings. The highest BCUT2D eigenvalue weighted by Crippen LogP contribution is 2.66. The highest BCUT2D eigenvalue weighted by atomic mass is 32.2. The van der Waals surface area contributed by atoms with Gasteiger partial charge in [0.15, 0.2) is 0 Å². The first-order chi connectivity index (χ1) is 15.2. The van der Waals surface area contributed by atoms with Crippen molar-refractivity contribution in [2.75, 3.05) is 18.5 Å². The van der Waals surface area contributed by atoms with Gasteiger partial charge < -0.3 is 20.6 Å². The fourth-order valence-corrected chi connectivity index (χ4v) is 7.79. The van der Waals surface area contributed by atoms with Crippen LogP contribution in [0.3, 0.4) is 0 Å². The van der Waals surface area contributed by atoms with E-state index in [0.717, 1.165) is 12.8 Å². The van der Waals surface area contributed by atoms with E-state index >= 15 is 0 Å². The quantitative estimate of drug-likeness (QED) is 0.544. The van der Waals surface area contributed by atoms with Gasteiger partial charge in [-0.3, -0.25) is 14.4 Å². The molecule has 1 aromatic carbocycles. The van der Waals surface area contributed by atoms with E-state index in [9.17, 15) is 19.5 Å². The van der Waals surface area contributed by atoms with Crippen LogP contribution in [0.2, 0.25) is 0 Å². The molecule has 0 aromatic heterocycles. The van der Waals surface area contributed by atoms with Crippen LogP contribution in [0.25, 0.3) is 0 Å². The van der Waals surface area contributed by atoms with Crippen molar-refractivity contribution in [1.82, 2.24) is 10.2 Å². The van der Waals surface area contributed by atoms with Crippen LogP contribution in [0, 0.1) is 11.8 Å². The molecule has 3 amide bonds. The number of aliphatic hydroxyl groups is 1. The number of likely N-dealkylation sites (tertiary alicyclic amines) is 1. The Kier molecular flexibility index (Phi) is 6.29. The van der Waals surface area contributed by atoms with Gasteiger partial charge in [-0.25, -0.2) is 0 Å². The minimum Gasteiger partial charge on any atom is -0.396 e. The van der Waals surface area contributed by atoms with Crippen LogP contribution in [0.4, 0.5) is 5.69 Å². The largest absolute Gasteiger partial charge is 0.396 e. The van der Waals surface area contributed by atoms with Crippen LogP contribution >= 0.6 is 11.8 Å². The van der Waals surface area contributed by atoms with Crippen molar-refractivity contribution in [3.05, 3.63) is 30.3 Å². The molecule has 3 heterocycles. The molecule has 5 atom stereocenters. The molecule has 3 fully saturated rings. The van der Waals surface area contributed by atoms with Crippen molar-refractivity contribution >= 4 is 35.2 Å². The Morgan fingerprint density at radius 3 is 2.56 bits per heavy atom. The van der Waals surface area contributed by atoms with E-state index < -0.39 is 28.2 Å². The number of nitrogens with zero attached hydrogens (tertiary/aromatic N) is 1. The summed E-state index contributed by atoms with van der Waals surface area (Å²) in [5, 5.41) is 15.3. The van der Waals surface area contributed by atoms with Crippen molar-refractivity contribution in [2.24, 2.45) is 11.8 Å². The number of thioether (sulfide) groups is 1. The number of benzene rings is 1. The van der Waals surface area contributed by atoms with Crippen LogP contribution in [-0.4, -0.2) is 62.5 Å². The number of hydrogen-bond donors (Lipinski definition) is 3. The number of nitrogens with one attached hydrogen (secondary N) is 2. The Labute approximate surface area is 193 Å². The predicted octanol–water partition coefficient (Wildman–Crippen LogP) is 2.40. The lowest BCUT2D eigenvalue weighted by Crippen LogP contribution is -2.57. The number of carbonyl (C=O) groups is 3. The first-order valence-electron chi connectivity index (χ1n) is 11.4. The number of amides is 3. The maximum atomic E-state index is 13.7. The molecule has 0 aliphatic carbocycles. The number of unbranched alkanes of at least 4 members (excludes halogenated alkanes) is 1. The van der Waals surface area contributed by atoms with Crippen molar-refractivity contribution in [3.63, 3.8) is 0 Å². The topological polar surface area (TPSA) is 98.7 Å². The zero-order valence-corrected chi connectivity index (χ0v) is 19.8. The summed E-state index contributed by atoms with van der Waals surface area (Å²) < 4.78 is -0.574. The van der Waals surface area contributed by atoms with Gasteiger partial charge in [0.1, 0.15) is 6.04 Å². The zero-order chi connectivity index (χ0) is 23.1. The van der Waals surface area contributed by atoms with Gasteiger partial charge in [0.05, 0.1) is 16.6 Å². The van der Waals surface area contributed by atoms with Crippen molar-refractivity contribution < 1.29 is 19.5 Å². The van der Waals surface area contributed by atoms with Gasteiger partial charge >= 0.3 is 0 Å². The van der Waals surface area contributed by atoms with E-state index in [0.29, 0.717) is 25.1 Å². The minimum atomic E-state index is -0.595.